The molecule has 1 unspecified atom stereocenters. The third-order valence-electron chi connectivity index (χ3n) is 4.42. The van der Waals surface area contributed by atoms with E-state index in [2.05, 4.69) is 29.3 Å². The van der Waals surface area contributed by atoms with Crippen LogP contribution in [0.15, 0.2) is 18.2 Å². The van der Waals surface area contributed by atoms with Crippen LogP contribution in [0.4, 0.5) is 5.69 Å². The largest absolute Gasteiger partial charge is 0.384 e. The van der Waals surface area contributed by atoms with Gasteiger partial charge in [-0.1, -0.05) is 6.92 Å². The number of likely N-dealkylation sites (tertiary alicyclic amines) is 1. The Morgan fingerprint density at radius 2 is 2.25 bits per heavy atom. The summed E-state index contributed by atoms with van der Waals surface area (Å²) in [6.45, 7) is 4.10. The van der Waals surface area contributed by atoms with Crippen LogP contribution in [-0.4, -0.2) is 29.9 Å². The smallest absolute Gasteiger partial charge is 0.254 e. The number of anilines is 1. The molecule has 0 aliphatic carbocycles. The molecule has 2 heterocycles. The number of hydrogen-bond acceptors (Lipinski definition) is 2. The van der Waals surface area contributed by atoms with E-state index in [1.165, 1.54) is 17.7 Å². The highest BCUT2D eigenvalue weighted by molar-refractivity contribution is 5.95. The van der Waals surface area contributed by atoms with Crippen LogP contribution >= 0.6 is 12.4 Å². The molecule has 1 atom stereocenters. The fourth-order valence-electron chi connectivity index (χ4n) is 3.30. The molecule has 0 aromatic heterocycles. The average molecular weight is 295 g/mol. The molecule has 0 saturated carbocycles. The Kier molecular flexibility index (Phi) is 4.92. The number of hydrogen-bond donors (Lipinski definition) is 1. The number of amides is 1. The molecule has 1 saturated heterocycles. The summed E-state index contributed by atoms with van der Waals surface area (Å²) in [6, 6.07) is 6.55. The SMILES string of the molecule is CCC1CCCCN1C(=O)c1ccc2c(c1)CCN2.Cl. The van der Waals surface area contributed by atoms with E-state index in [0.29, 0.717) is 6.04 Å². The van der Waals surface area contributed by atoms with Crippen LogP contribution in [0.2, 0.25) is 0 Å². The van der Waals surface area contributed by atoms with Gasteiger partial charge in [-0.15, -0.1) is 12.4 Å². The lowest BCUT2D eigenvalue weighted by Gasteiger charge is -2.35. The number of nitrogens with zero attached hydrogens (tertiary/aromatic N) is 1. The van der Waals surface area contributed by atoms with E-state index in [4.69, 9.17) is 0 Å². The van der Waals surface area contributed by atoms with E-state index in [-0.39, 0.29) is 18.3 Å². The molecule has 3 nitrogen and oxygen atoms in total. The second-order valence-corrected chi connectivity index (χ2v) is 5.61. The summed E-state index contributed by atoms with van der Waals surface area (Å²) in [5.74, 6) is 0.223. The maximum Gasteiger partial charge on any atom is 0.254 e. The van der Waals surface area contributed by atoms with Crippen LogP contribution in [0.25, 0.3) is 0 Å². The highest BCUT2D eigenvalue weighted by atomic mass is 35.5. The van der Waals surface area contributed by atoms with Gasteiger partial charge >= 0.3 is 0 Å². The van der Waals surface area contributed by atoms with Crippen molar-refractivity contribution in [3.63, 3.8) is 0 Å². The van der Waals surface area contributed by atoms with E-state index in [1.807, 2.05) is 6.07 Å². The van der Waals surface area contributed by atoms with Crippen molar-refractivity contribution in [2.75, 3.05) is 18.4 Å². The molecule has 1 N–H and O–H groups in total. The average Bonchev–Trinajstić information content (AvgIpc) is 2.93. The van der Waals surface area contributed by atoms with Gasteiger partial charge in [0, 0.05) is 30.4 Å². The van der Waals surface area contributed by atoms with Crippen molar-refractivity contribution < 1.29 is 4.79 Å². The van der Waals surface area contributed by atoms with Crippen LogP contribution in [-0.2, 0) is 6.42 Å². The van der Waals surface area contributed by atoms with Gasteiger partial charge in [-0.05, 0) is 55.9 Å². The first kappa shape index (κ1) is 15.2. The molecule has 20 heavy (non-hydrogen) atoms. The molecule has 1 aromatic carbocycles. The molecule has 0 radical (unpaired) electrons. The van der Waals surface area contributed by atoms with E-state index < -0.39 is 0 Å². The third-order valence-corrected chi connectivity index (χ3v) is 4.42. The molecule has 1 fully saturated rings. The molecule has 3 rings (SSSR count). The van der Waals surface area contributed by atoms with Gasteiger partial charge < -0.3 is 10.2 Å². The summed E-state index contributed by atoms with van der Waals surface area (Å²) < 4.78 is 0. The minimum atomic E-state index is 0. The first-order chi connectivity index (χ1) is 9.29. The molecule has 2 aliphatic heterocycles. The lowest BCUT2D eigenvalue weighted by Crippen LogP contribution is -2.43. The number of rotatable bonds is 2. The molecule has 0 bridgehead atoms. The Morgan fingerprint density at radius 3 is 3.05 bits per heavy atom. The minimum absolute atomic E-state index is 0. The fourth-order valence-corrected chi connectivity index (χ4v) is 3.30. The van der Waals surface area contributed by atoms with E-state index in [1.54, 1.807) is 0 Å². The summed E-state index contributed by atoms with van der Waals surface area (Å²) in [7, 11) is 0. The molecule has 0 spiro atoms. The van der Waals surface area contributed by atoms with Gasteiger partial charge in [0.1, 0.15) is 0 Å². The summed E-state index contributed by atoms with van der Waals surface area (Å²) in [5.41, 5.74) is 3.35. The lowest BCUT2D eigenvalue weighted by molar-refractivity contribution is 0.0608. The molecule has 4 heteroatoms. The van der Waals surface area contributed by atoms with E-state index in [0.717, 1.165) is 44.3 Å². The summed E-state index contributed by atoms with van der Waals surface area (Å²) >= 11 is 0. The van der Waals surface area contributed by atoms with E-state index in [9.17, 15) is 4.79 Å². The zero-order valence-electron chi connectivity index (χ0n) is 12.0. The molecule has 2 aliphatic rings. The van der Waals surface area contributed by atoms with Crippen LogP contribution in [0.3, 0.4) is 0 Å². The Labute approximate surface area is 127 Å². The Bertz CT molecular complexity index is 489. The Hall–Kier alpha value is -1.22. The van der Waals surface area contributed by atoms with Gasteiger partial charge in [0.25, 0.3) is 5.91 Å². The zero-order valence-corrected chi connectivity index (χ0v) is 12.8. The first-order valence-electron chi connectivity index (χ1n) is 7.47. The van der Waals surface area contributed by atoms with Crippen LogP contribution in [0.5, 0.6) is 0 Å². The van der Waals surface area contributed by atoms with Crippen molar-refractivity contribution in [3.05, 3.63) is 29.3 Å². The van der Waals surface area contributed by atoms with Gasteiger partial charge in [-0.25, -0.2) is 0 Å². The summed E-state index contributed by atoms with van der Waals surface area (Å²) in [6.07, 6.45) is 5.67. The monoisotopic (exact) mass is 294 g/mol. The van der Waals surface area contributed by atoms with Crippen molar-refractivity contribution in [1.82, 2.24) is 4.90 Å². The third kappa shape index (κ3) is 2.78. The number of carbonyl (C=O) groups is 1. The predicted molar refractivity (Wildman–Crippen MR) is 84.9 cm³/mol. The maximum absolute atomic E-state index is 12.7. The van der Waals surface area contributed by atoms with Crippen LogP contribution < -0.4 is 5.32 Å². The number of halogens is 1. The van der Waals surface area contributed by atoms with Gasteiger partial charge in [0.2, 0.25) is 0 Å². The number of fused-ring (bicyclic) bond motifs is 1. The van der Waals surface area contributed by atoms with Crippen molar-refractivity contribution >= 4 is 24.0 Å². The van der Waals surface area contributed by atoms with Crippen molar-refractivity contribution in [2.45, 2.75) is 45.1 Å². The topological polar surface area (TPSA) is 32.3 Å². The van der Waals surface area contributed by atoms with Crippen molar-refractivity contribution in [2.24, 2.45) is 0 Å². The van der Waals surface area contributed by atoms with Crippen molar-refractivity contribution in [1.29, 1.82) is 0 Å². The van der Waals surface area contributed by atoms with Gasteiger partial charge in [0.05, 0.1) is 0 Å². The number of piperidine rings is 1. The highest BCUT2D eigenvalue weighted by Gasteiger charge is 2.26. The quantitative estimate of drug-likeness (QED) is 0.906. The van der Waals surface area contributed by atoms with Crippen LogP contribution in [0, 0.1) is 0 Å². The second-order valence-electron chi connectivity index (χ2n) is 5.61. The molecular formula is C16H23ClN2O. The number of benzene rings is 1. The van der Waals surface area contributed by atoms with E-state index >= 15 is 0 Å². The standard InChI is InChI=1S/C16H22N2O.ClH/c1-2-14-5-3-4-10-18(14)16(19)13-6-7-15-12(11-13)8-9-17-15;/h6-7,11,14,17H,2-5,8-10H2,1H3;1H. The molecule has 1 aromatic rings. The first-order valence-corrected chi connectivity index (χ1v) is 7.47. The maximum atomic E-state index is 12.7. The van der Waals surface area contributed by atoms with Gasteiger partial charge in [0.15, 0.2) is 0 Å². The van der Waals surface area contributed by atoms with Crippen LogP contribution in [0.1, 0.15) is 48.5 Å². The normalized spacial score (nSPS) is 20.9. The zero-order chi connectivity index (χ0) is 13.2. The van der Waals surface area contributed by atoms with Gasteiger partial charge in [-0.2, -0.15) is 0 Å². The Morgan fingerprint density at radius 1 is 1.40 bits per heavy atom. The number of nitrogens with one attached hydrogen (secondary N) is 1. The molecular weight excluding hydrogens is 272 g/mol. The minimum Gasteiger partial charge on any atom is -0.384 e. The highest BCUT2D eigenvalue weighted by Crippen LogP contribution is 2.26. The van der Waals surface area contributed by atoms with Gasteiger partial charge in [-0.3, -0.25) is 4.79 Å². The van der Waals surface area contributed by atoms with Crippen molar-refractivity contribution in [3.8, 4) is 0 Å². The lowest BCUT2D eigenvalue weighted by atomic mass is 9.98. The molecule has 1 amide bonds. The molecule has 110 valence electrons. The summed E-state index contributed by atoms with van der Waals surface area (Å²) in [4.78, 5) is 14.8. The fraction of sp³-hybridized carbons (Fsp3) is 0.562. The second kappa shape index (κ2) is 6.49. The summed E-state index contributed by atoms with van der Waals surface area (Å²) in [5, 5.41) is 3.34. The predicted octanol–water partition coefficient (Wildman–Crippen LogP) is 3.48. The number of carbonyl (C=O) groups excluding carboxylic acids is 1. The Balaban J connectivity index is 0.00000147.